The van der Waals surface area contributed by atoms with Crippen LogP contribution in [0.2, 0.25) is 0 Å². The third-order valence-corrected chi connectivity index (χ3v) is 4.72. The molecule has 1 aliphatic heterocycles. The van der Waals surface area contributed by atoms with E-state index in [-0.39, 0.29) is 5.91 Å². The van der Waals surface area contributed by atoms with Gasteiger partial charge < -0.3 is 14.5 Å². The summed E-state index contributed by atoms with van der Waals surface area (Å²) in [6.07, 6.45) is 0. The molecule has 5 heteroatoms. The van der Waals surface area contributed by atoms with Crippen molar-refractivity contribution in [3.05, 3.63) is 41.1 Å². The Morgan fingerprint density at radius 2 is 2.16 bits per heavy atom. The van der Waals surface area contributed by atoms with Crippen LogP contribution in [0.25, 0.3) is 10.9 Å². The van der Waals surface area contributed by atoms with Gasteiger partial charge in [-0.3, -0.25) is 9.78 Å². The number of fused-ring (bicyclic) bond motifs is 1. The first-order valence-corrected chi connectivity index (χ1v) is 8.84. The first-order valence-electron chi connectivity index (χ1n) is 8.84. The third-order valence-electron chi connectivity index (χ3n) is 4.72. The van der Waals surface area contributed by atoms with Crippen LogP contribution in [-0.2, 0) is 4.74 Å². The zero-order valence-electron chi connectivity index (χ0n) is 15.6. The lowest BCUT2D eigenvalue weighted by Crippen LogP contribution is -2.39. The number of aryl methyl sites for hydroxylation is 2. The number of nitrogens with zero attached hydrogens (tertiary/aromatic N) is 3. The lowest BCUT2D eigenvalue weighted by Gasteiger charge is -2.26. The molecule has 1 atom stereocenters. The van der Waals surface area contributed by atoms with Crippen molar-refractivity contribution in [2.24, 2.45) is 5.92 Å². The maximum atomic E-state index is 13.2. The molecule has 1 unspecified atom stereocenters. The second-order valence-electron chi connectivity index (χ2n) is 7.22. The second kappa shape index (κ2) is 7.50. The Hall–Kier alpha value is -1.98. The van der Waals surface area contributed by atoms with E-state index >= 15 is 0 Å². The van der Waals surface area contributed by atoms with E-state index in [0.717, 1.165) is 35.2 Å². The van der Waals surface area contributed by atoms with Gasteiger partial charge in [-0.1, -0.05) is 18.2 Å². The highest BCUT2D eigenvalue weighted by atomic mass is 16.5. The van der Waals surface area contributed by atoms with Crippen LogP contribution in [0.15, 0.2) is 24.3 Å². The van der Waals surface area contributed by atoms with Gasteiger partial charge in [0.1, 0.15) is 0 Å². The van der Waals surface area contributed by atoms with Crippen molar-refractivity contribution in [3.8, 4) is 0 Å². The molecule has 3 rings (SSSR count). The van der Waals surface area contributed by atoms with E-state index in [4.69, 9.17) is 9.72 Å². The van der Waals surface area contributed by atoms with Crippen molar-refractivity contribution < 1.29 is 9.53 Å². The number of hydrogen-bond donors (Lipinski definition) is 0. The van der Waals surface area contributed by atoms with E-state index in [1.165, 1.54) is 0 Å². The van der Waals surface area contributed by atoms with Gasteiger partial charge in [-0.2, -0.15) is 0 Å². The molecule has 1 aliphatic rings. The molecule has 0 saturated carbocycles. The van der Waals surface area contributed by atoms with Gasteiger partial charge in [0.15, 0.2) is 0 Å². The molecule has 1 aromatic heterocycles. The number of rotatable bonds is 3. The summed E-state index contributed by atoms with van der Waals surface area (Å²) < 4.78 is 5.70. The minimum atomic E-state index is 0.0580. The molecule has 1 saturated heterocycles. The van der Waals surface area contributed by atoms with Gasteiger partial charge in [-0.15, -0.1) is 0 Å². The quantitative estimate of drug-likeness (QED) is 0.860. The Labute approximate surface area is 149 Å². The standard InChI is InChI=1S/C20H27N3O2/c1-14-6-5-7-17-10-18(15(2)21-19(14)17)20(24)23-8-9-25-13-16(12-23)11-22(3)4/h5-7,10,16H,8-9,11-13H2,1-4H3. The molecule has 1 amide bonds. The zero-order chi connectivity index (χ0) is 18.0. The van der Waals surface area contributed by atoms with Crippen molar-refractivity contribution in [2.75, 3.05) is 46.9 Å². The van der Waals surface area contributed by atoms with Crippen LogP contribution >= 0.6 is 0 Å². The van der Waals surface area contributed by atoms with Crippen LogP contribution < -0.4 is 0 Å². The maximum absolute atomic E-state index is 13.2. The molecule has 0 N–H and O–H groups in total. The van der Waals surface area contributed by atoms with Crippen molar-refractivity contribution >= 4 is 16.8 Å². The Morgan fingerprint density at radius 3 is 2.92 bits per heavy atom. The van der Waals surface area contributed by atoms with Gasteiger partial charge in [-0.25, -0.2) is 0 Å². The van der Waals surface area contributed by atoms with E-state index in [9.17, 15) is 4.79 Å². The second-order valence-corrected chi connectivity index (χ2v) is 7.22. The number of hydrogen-bond acceptors (Lipinski definition) is 4. The van der Waals surface area contributed by atoms with E-state index in [1.54, 1.807) is 0 Å². The van der Waals surface area contributed by atoms with Gasteiger partial charge in [0.2, 0.25) is 0 Å². The molecule has 2 heterocycles. The van der Waals surface area contributed by atoms with Gasteiger partial charge in [0, 0.05) is 30.9 Å². The summed E-state index contributed by atoms with van der Waals surface area (Å²) in [6, 6.07) is 8.07. The minimum absolute atomic E-state index is 0.0580. The summed E-state index contributed by atoms with van der Waals surface area (Å²) in [5.74, 6) is 0.389. The van der Waals surface area contributed by atoms with Gasteiger partial charge >= 0.3 is 0 Å². The highest BCUT2D eigenvalue weighted by molar-refractivity contribution is 5.99. The smallest absolute Gasteiger partial charge is 0.255 e. The largest absolute Gasteiger partial charge is 0.379 e. The van der Waals surface area contributed by atoms with Crippen LogP contribution in [0.1, 0.15) is 21.6 Å². The van der Waals surface area contributed by atoms with E-state index in [0.29, 0.717) is 31.2 Å². The lowest BCUT2D eigenvalue weighted by molar-refractivity contribution is 0.0734. The molecule has 2 aromatic rings. The average Bonchev–Trinajstić information content (AvgIpc) is 2.79. The molecule has 0 bridgehead atoms. The van der Waals surface area contributed by atoms with Crippen molar-refractivity contribution in [1.29, 1.82) is 0 Å². The highest BCUT2D eigenvalue weighted by Gasteiger charge is 2.25. The summed E-state index contributed by atoms with van der Waals surface area (Å²) in [7, 11) is 4.10. The molecular formula is C20H27N3O2. The van der Waals surface area contributed by atoms with Crippen molar-refractivity contribution in [2.45, 2.75) is 13.8 Å². The van der Waals surface area contributed by atoms with Crippen LogP contribution in [0.4, 0.5) is 0 Å². The number of para-hydroxylation sites is 1. The molecule has 134 valence electrons. The van der Waals surface area contributed by atoms with Gasteiger partial charge in [0.05, 0.1) is 30.0 Å². The minimum Gasteiger partial charge on any atom is -0.379 e. The van der Waals surface area contributed by atoms with Crippen LogP contribution in [0.5, 0.6) is 0 Å². The highest BCUT2D eigenvalue weighted by Crippen LogP contribution is 2.21. The number of carbonyl (C=O) groups is 1. The Bertz CT molecular complexity index is 773. The molecule has 25 heavy (non-hydrogen) atoms. The lowest BCUT2D eigenvalue weighted by atomic mass is 10.0. The molecule has 5 nitrogen and oxygen atoms in total. The third kappa shape index (κ3) is 3.99. The summed E-state index contributed by atoms with van der Waals surface area (Å²) in [5, 5.41) is 1.02. The zero-order valence-corrected chi connectivity index (χ0v) is 15.6. The Balaban J connectivity index is 1.88. The predicted molar refractivity (Wildman–Crippen MR) is 100.0 cm³/mol. The first-order chi connectivity index (χ1) is 12.0. The number of carbonyl (C=O) groups excluding carboxylic acids is 1. The van der Waals surface area contributed by atoms with E-state index in [1.807, 2.05) is 43.0 Å². The first kappa shape index (κ1) is 17.8. The summed E-state index contributed by atoms with van der Waals surface area (Å²) >= 11 is 0. The SMILES string of the molecule is Cc1nc2c(C)cccc2cc1C(=O)N1CCOCC(CN(C)C)C1. The fourth-order valence-corrected chi connectivity index (χ4v) is 3.52. The number of amides is 1. The Kier molecular flexibility index (Phi) is 5.35. The topological polar surface area (TPSA) is 45.7 Å². The van der Waals surface area contributed by atoms with Crippen molar-refractivity contribution in [1.82, 2.24) is 14.8 Å². The fourth-order valence-electron chi connectivity index (χ4n) is 3.52. The van der Waals surface area contributed by atoms with E-state index < -0.39 is 0 Å². The number of pyridine rings is 1. The molecule has 0 aliphatic carbocycles. The average molecular weight is 341 g/mol. The number of aromatic nitrogens is 1. The van der Waals surface area contributed by atoms with Crippen LogP contribution in [0, 0.1) is 19.8 Å². The molecule has 0 spiro atoms. The normalized spacial score (nSPS) is 18.6. The monoisotopic (exact) mass is 341 g/mol. The molecule has 1 aromatic carbocycles. The fraction of sp³-hybridized carbons (Fsp3) is 0.500. The summed E-state index contributed by atoms with van der Waals surface area (Å²) in [6.45, 7) is 7.54. The number of benzene rings is 1. The predicted octanol–water partition coefficient (Wildman–Crippen LogP) is 2.50. The number of ether oxygens (including phenoxy) is 1. The molecule has 1 fully saturated rings. The molecular weight excluding hydrogens is 314 g/mol. The van der Waals surface area contributed by atoms with Crippen LogP contribution in [0.3, 0.4) is 0 Å². The molecule has 0 radical (unpaired) electrons. The van der Waals surface area contributed by atoms with Gasteiger partial charge in [0.25, 0.3) is 5.91 Å². The summed E-state index contributed by atoms with van der Waals surface area (Å²) in [4.78, 5) is 21.9. The van der Waals surface area contributed by atoms with E-state index in [2.05, 4.69) is 19.0 Å². The summed E-state index contributed by atoms with van der Waals surface area (Å²) in [5.41, 5.74) is 3.60. The van der Waals surface area contributed by atoms with Gasteiger partial charge in [-0.05, 0) is 39.6 Å². The van der Waals surface area contributed by atoms with Crippen LogP contribution in [-0.4, -0.2) is 67.6 Å². The van der Waals surface area contributed by atoms with Crippen molar-refractivity contribution in [3.63, 3.8) is 0 Å². The Morgan fingerprint density at radius 1 is 1.36 bits per heavy atom. The maximum Gasteiger partial charge on any atom is 0.255 e.